The summed E-state index contributed by atoms with van der Waals surface area (Å²) in [5.41, 5.74) is -0.414. The first-order valence-electron chi connectivity index (χ1n) is 14.1. The number of esters is 2. The van der Waals surface area contributed by atoms with Gasteiger partial charge in [-0.1, -0.05) is 70.5 Å². The summed E-state index contributed by atoms with van der Waals surface area (Å²) in [4.78, 5) is 50.6. The van der Waals surface area contributed by atoms with Crippen LogP contribution in [0.3, 0.4) is 0 Å². The number of hydrogen-bond donors (Lipinski definition) is 0. The maximum Gasteiger partial charge on any atom is 0.325 e. The summed E-state index contributed by atoms with van der Waals surface area (Å²) in [5.74, 6) is -0.734. The van der Waals surface area contributed by atoms with E-state index in [4.69, 9.17) is 9.47 Å². The van der Waals surface area contributed by atoms with Gasteiger partial charge in [0.25, 0.3) is 0 Å². The third kappa shape index (κ3) is 13.4. The van der Waals surface area contributed by atoms with Gasteiger partial charge in [-0.05, 0) is 67.7 Å². The highest BCUT2D eigenvalue weighted by molar-refractivity contribution is 5.96. The quantitative estimate of drug-likeness (QED) is 0.111. The molecular weight excluding hydrogens is 492 g/mol. The Morgan fingerprint density at radius 2 is 1.10 bits per heavy atom. The molecule has 0 N–H and O–H groups in total. The van der Waals surface area contributed by atoms with Gasteiger partial charge in [0.15, 0.2) is 5.92 Å². The fourth-order valence-electron chi connectivity index (χ4n) is 4.47. The number of benzene rings is 2. The molecule has 0 spiro atoms. The third-order valence-electron chi connectivity index (χ3n) is 6.71. The molecule has 0 radical (unpaired) electrons. The molecule has 0 atom stereocenters. The number of carbonyl (C=O) groups excluding carboxylic acids is 4. The van der Waals surface area contributed by atoms with E-state index in [2.05, 4.69) is 13.8 Å². The largest absolute Gasteiger partial charge is 0.426 e. The van der Waals surface area contributed by atoms with Crippen molar-refractivity contribution in [3.05, 3.63) is 60.7 Å². The van der Waals surface area contributed by atoms with E-state index in [1.807, 2.05) is 26.0 Å². The molecule has 212 valence electrons. The fourth-order valence-corrected chi connectivity index (χ4v) is 4.47. The molecule has 0 unspecified atom stereocenters. The minimum Gasteiger partial charge on any atom is -0.426 e. The lowest BCUT2D eigenvalue weighted by Gasteiger charge is -2.28. The maximum atomic E-state index is 13.1. The van der Waals surface area contributed by atoms with Crippen LogP contribution in [0.4, 0.5) is 0 Å². The number of Topliss-reactive ketones (excluding diaryl/α,β-unsaturated/α-hetero) is 2. The summed E-state index contributed by atoms with van der Waals surface area (Å²) in [5, 5.41) is 0. The van der Waals surface area contributed by atoms with Gasteiger partial charge in [0.05, 0.1) is 0 Å². The Hall–Kier alpha value is -3.28. The van der Waals surface area contributed by atoms with Crippen LogP contribution in [-0.4, -0.2) is 23.5 Å². The molecule has 0 aliphatic carbocycles. The fraction of sp³-hybridized carbons (Fsp3) is 0.515. The van der Waals surface area contributed by atoms with Crippen molar-refractivity contribution in [3.8, 4) is 11.5 Å². The number of para-hydroxylation sites is 2. The summed E-state index contributed by atoms with van der Waals surface area (Å²) in [7, 11) is 0. The average Bonchev–Trinajstić information content (AvgIpc) is 2.88. The van der Waals surface area contributed by atoms with E-state index in [1.54, 1.807) is 48.5 Å². The zero-order valence-electron chi connectivity index (χ0n) is 23.9. The Morgan fingerprint density at radius 3 is 1.56 bits per heavy atom. The lowest BCUT2D eigenvalue weighted by Crippen LogP contribution is -2.35. The number of carbonyl (C=O) groups is 4. The first kappa shape index (κ1) is 31.9. The number of hydrogen-bond acceptors (Lipinski definition) is 6. The lowest BCUT2D eigenvalue weighted by atomic mass is 9.78. The smallest absolute Gasteiger partial charge is 0.325 e. The lowest BCUT2D eigenvalue weighted by molar-refractivity contribution is -0.153. The standard InChI is InChI=1S/C33H44O6/c1-25(2)14-11-15-26(34)16-12-17-27(35)18-13-23-33(3,4)24-30(31(36)38-28-19-7-5-8-20-28)32(37)39-29-21-9-6-10-22-29/h5-10,19-22,25,30H,11-18,23-24H2,1-4H3. The van der Waals surface area contributed by atoms with Crippen LogP contribution in [0.2, 0.25) is 0 Å². The third-order valence-corrected chi connectivity index (χ3v) is 6.71. The van der Waals surface area contributed by atoms with Crippen LogP contribution in [0.5, 0.6) is 11.5 Å². The molecule has 0 saturated heterocycles. The normalized spacial score (nSPS) is 11.4. The second-order valence-corrected chi connectivity index (χ2v) is 11.5. The van der Waals surface area contributed by atoms with E-state index in [-0.39, 0.29) is 18.0 Å². The Balaban J connectivity index is 1.87. The van der Waals surface area contributed by atoms with E-state index in [0.717, 1.165) is 12.8 Å². The topological polar surface area (TPSA) is 86.7 Å². The van der Waals surface area contributed by atoms with E-state index < -0.39 is 23.3 Å². The van der Waals surface area contributed by atoms with Crippen molar-refractivity contribution in [3.63, 3.8) is 0 Å². The van der Waals surface area contributed by atoms with E-state index in [0.29, 0.717) is 62.4 Å². The van der Waals surface area contributed by atoms with E-state index >= 15 is 0 Å². The van der Waals surface area contributed by atoms with Gasteiger partial charge in [-0.3, -0.25) is 19.2 Å². The van der Waals surface area contributed by atoms with Gasteiger partial charge in [0, 0.05) is 25.7 Å². The van der Waals surface area contributed by atoms with Crippen LogP contribution in [0.25, 0.3) is 0 Å². The van der Waals surface area contributed by atoms with Gasteiger partial charge in [0.2, 0.25) is 0 Å². The molecule has 0 heterocycles. The van der Waals surface area contributed by atoms with Crippen molar-refractivity contribution in [2.24, 2.45) is 17.3 Å². The Labute approximate surface area is 233 Å². The SMILES string of the molecule is CC(C)CCCC(=O)CCCC(=O)CCCC(C)(C)CC(C(=O)Oc1ccccc1)C(=O)Oc1ccccc1. The zero-order valence-corrected chi connectivity index (χ0v) is 23.9. The molecular formula is C33H44O6. The second-order valence-electron chi connectivity index (χ2n) is 11.5. The summed E-state index contributed by atoms with van der Waals surface area (Å²) in [6.45, 7) is 8.26. The minimum atomic E-state index is -1.11. The van der Waals surface area contributed by atoms with Crippen molar-refractivity contribution in [1.29, 1.82) is 0 Å². The van der Waals surface area contributed by atoms with Crippen LogP contribution >= 0.6 is 0 Å². The van der Waals surface area contributed by atoms with E-state index in [9.17, 15) is 19.2 Å². The summed E-state index contributed by atoms with van der Waals surface area (Å²) >= 11 is 0. The molecule has 0 saturated carbocycles. The summed E-state index contributed by atoms with van der Waals surface area (Å²) < 4.78 is 11.0. The summed E-state index contributed by atoms with van der Waals surface area (Å²) in [6.07, 6.45) is 5.97. The van der Waals surface area contributed by atoms with Crippen molar-refractivity contribution in [2.45, 2.75) is 91.9 Å². The van der Waals surface area contributed by atoms with Crippen LogP contribution < -0.4 is 9.47 Å². The molecule has 2 aromatic carbocycles. The van der Waals surface area contributed by atoms with Gasteiger partial charge in [0.1, 0.15) is 23.1 Å². The minimum absolute atomic E-state index is 0.143. The molecule has 0 fully saturated rings. The first-order chi connectivity index (χ1) is 18.6. The molecule has 0 bridgehead atoms. The van der Waals surface area contributed by atoms with E-state index in [1.165, 1.54) is 0 Å². The maximum absolute atomic E-state index is 13.1. The van der Waals surface area contributed by atoms with Crippen molar-refractivity contribution in [1.82, 2.24) is 0 Å². The number of ketones is 2. The monoisotopic (exact) mass is 536 g/mol. The molecule has 0 aliphatic heterocycles. The Morgan fingerprint density at radius 1 is 0.667 bits per heavy atom. The van der Waals surface area contributed by atoms with Crippen LogP contribution in [-0.2, 0) is 19.2 Å². The summed E-state index contributed by atoms with van der Waals surface area (Å²) in [6, 6.07) is 17.3. The predicted octanol–water partition coefficient (Wildman–Crippen LogP) is 7.54. The molecule has 0 aromatic heterocycles. The van der Waals surface area contributed by atoms with Crippen molar-refractivity contribution in [2.75, 3.05) is 0 Å². The molecule has 0 aliphatic rings. The van der Waals surface area contributed by atoms with Crippen LogP contribution in [0.1, 0.15) is 91.9 Å². The second kappa shape index (κ2) is 16.6. The number of ether oxygens (including phenoxy) is 2. The predicted molar refractivity (Wildman–Crippen MR) is 152 cm³/mol. The average molecular weight is 537 g/mol. The van der Waals surface area contributed by atoms with Gasteiger partial charge < -0.3 is 9.47 Å². The van der Waals surface area contributed by atoms with Gasteiger partial charge >= 0.3 is 11.9 Å². The van der Waals surface area contributed by atoms with Gasteiger partial charge in [-0.15, -0.1) is 0 Å². The Bertz CT molecular complexity index is 989. The number of rotatable bonds is 18. The Kier molecular flexibility index (Phi) is 13.6. The van der Waals surface area contributed by atoms with Crippen molar-refractivity contribution < 1.29 is 28.7 Å². The van der Waals surface area contributed by atoms with Gasteiger partial charge in [-0.25, -0.2) is 0 Å². The molecule has 6 nitrogen and oxygen atoms in total. The van der Waals surface area contributed by atoms with Crippen LogP contribution in [0, 0.1) is 17.3 Å². The molecule has 2 aromatic rings. The molecule has 39 heavy (non-hydrogen) atoms. The highest BCUT2D eigenvalue weighted by atomic mass is 16.6. The highest BCUT2D eigenvalue weighted by Gasteiger charge is 2.36. The molecule has 6 heteroatoms. The first-order valence-corrected chi connectivity index (χ1v) is 14.1. The highest BCUT2D eigenvalue weighted by Crippen LogP contribution is 2.33. The van der Waals surface area contributed by atoms with Crippen molar-refractivity contribution >= 4 is 23.5 Å². The van der Waals surface area contributed by atoms with Gasteiger partial charge in [-0.2, -0.15) is 0 Å². The van der Waals surface area contributed by atoms with Crippen LogP contribution in [0.15, 0.2) is 60.7 Å². The molecule has 2 rings (SSSR count). The zero-order chi connectivity index (χ0) is 28.7. The molecule has 0 amide bonds.